The van der Waals surface area contributed by atoms with Crippen molar-refractivity contribution >= 4 is 34.2 Å². The van der Waals surface area contributed by atoms with Crippen molar-refractivity contribution in [1.29, 1.82) is 0 Å². The molecule has 0 saturated heterocycles. The van der Waals surface area contributed by atoms with Gasteiger partial charge in [0.15, 0.2) is 6.10 Å². The third-order valence-electron chi connectivity index (χ3n) is 3.21. The summed E-state index contributed by atoms with van der Waals surface area (Å²) >= 11 is 2.25. The van der Waals surface area contributed by atoms with Crippen LogP contribution in [0.4, 0.5) is 5.69 Å². The maximum Gasteiger partial charge on any atom is 0.265 e. The zero-order chi connectivity index (χ0) is 15.4. The number of hydrogen-bond donors (Lipinski definition) is 1. The first-order valence-corrected chi connectivity index (χ1v) is 7.84. The standard InChI is InChI=1S/C17H18INO2/c1-11-6-4-5-7-16(11)21-13(3)17(20)19-15-9-8-14(18)10-12(15)2/h4-10,13H,1-3H3,(H,19,20)/t13-/m1/s1. The minimum Gasteiger partial charge on any atom is -0.481 e. The molecule has 0 aromatic heterocycles. The lowest BCUT2D eigenvalue weighted by Crippen LogP contribution is -2.30. The number of aryl methyl sites for hydroxylation is 2. The molecule has 0 bridgehead atoms. The van der Waals surface area contributed by atoms with Gasteiger partial charge in [0.2, 0.25) is 0 Å². The summed E-state index contributed by atoms with van der Waals surface area (Å²) in [4.78, 5) is 12.2. The summed E-state index contributed by atoms with van der Waals surface area (Å²) in [6, 6.07) is 13.6. The number of para-hydroxylation sites is 1. The highest BCUT2D eigenvalue weighted by molar-refractivity contribution is 14.1. The number of rotatable bonds is 4. The molecule has 1 N–H and O–H groups in total. The molecule has 21 heavy (non-hydrogen) atoms. The van der Waals surface area contributed by atoms with E-state index in [1.165, 1.54) is 0 Å². The zero-order valence-electron chi connectivity index (χ0n) is 12.3. The van der Waals surface area contributed by atoms with Crippen LogP contribution in [0.5, 0.6) is 5.75 Å². The molecule has 0 aliphatic heterocycles. The van der Waals surface area contributed by atoms with Gasteiger partial charge >= 0.3 is 0 Å². The number of ether oxygens (including phenoxy) is 1. The van der Waals surface area contributed by atoms with Crippen molar-refractivity contribution in [3.63, 3.8) is 0 Å². The topological polar surface area (TPSA) is 38.3 Å². The van der Waals surface area contributed by atoms with Crippen LogP contribution in [0.15, 0.2) is 42.5 Å². The summed E-state index contributed by atoms with van der Waals surface area (Å²) in [5.41, 5.74) is 2.88. The highest BCUT2D eigenvalue weighted by Crippen LogP contribution is 2.20. The highest BCUT2D eigenvalue weighted by Gasteiger charge is 2.16. The minimum absolute atomic E-state index is 0.150. The Bertz CT molecular complexity index is 655. The molecule has 0 fully saturated rings. The second-order valence-electron chi connectivity index (χ2n) is 4.97. The molecular formula is C17H18INO2. The lowest BCUT2D eigenvalue weighted by molar-refractivity contribution is -0.122. The summed E-state index contributed by atoms with van der Waals surface area (Å²) < 4.78 is 6.87. The number of nitrogens with one attached hydrogen (secondary N) is 1. The van der Waals surface area contributed by atoms with Crippen molar-refractivity contribution in [2.75, 3.05) is 5.32 Å². The fraction of sp³-hybridized carbons (Fsp3) is 0.235. The predicted octanol–water partition coefficient (Wildman–Crippen LogP) is 4.31. The third kappa shape index (κ3) is 4.20. The van der Waals surface area contributed by atoms with Gasteiger partial charge in [0, 0.05) is 9.26 Å². The number of amides is 1. The first-order valence-electron chi connectivity index (χ1n) is 6.76. The van der Waals surface area contributed by atoms with Gasteiger partial charge in [-0.15, -0.1) is 0 Å². The Kier molecular flexibility index (Phi) is 5.22. The van der Waals surface area contributed by atoms with Crippen LogP contribution in [-0.4, -0.2) is 12.0 Å². The van der Waals surface area contributed by atoms with Crippen LogP contribution in [0.3, 0.4) is 0 Å². The molecule has 110 valence electrons. The van der Waals surface area contributed by atoms with Crippen molar-refractivity contribution in [3.8, 4) is 5.75 Å². The predicted molar refractivity (Wildman–Crippen MR) is 93.8 cm³/mol. The quantitative estimate of drug-likeness (QED) is 0.784. The van der Waals surface area contributed by atoms with E-state index in [0.717, 1.165) is 26.1 Å². The van der Waals surface area contributed by atoms with Crippen molar-refractivity contribution in [3.05, 3.63) is 57.2 Å². The van der Waals surface area contributed by atoms with Crippen LogP contribution < -0.4 is 10.1 Å². The van der Waals surface area contributed by atoms with Crippen LogP contribution in [0.25, 0.3) is 0 Å². The molecule has 2 rings (SSSR count). The monoisotopic (exact) mass is 395 g/mol. The molecule has 0 aliphatic carbocycles. The fourth-order valence-corrected chi connectivity index (χ4v) is 2.58. The van der Waals surface area contributed by atoms with E-state index in [2.05, 4.69) is 27.9 Å². The lowest BCUT2D eigenvalue weighted by atomic mass is 10.2. The SMILES string of the molecule is Cc1cc(I)ccc1NC(=O)[C@@H](C)Oc1ccccc1C. The summed E-state index contributed by atoms with van der Waals surface area (Å²) in [5.74, 6) is 0.585. The number of carbonyl (C=O) groups is 1. The molecule has 2 aromatic carbocycles. The number of anilines is 1. The van der Waals surface area contributed by atoms with E-state index in [1.54, 1.807) is 6.92 Å². The van der Waals surface area contributed by atoms with E-state index in [9.17, 15) is 4.79 Å². The number of carbonyl (C=O) groups excluding carboxylic acids is 1. The molecule has 0 radical (unpaired) electrons. The average Bonchev–Trinajstić information content (AvgIpc) is 2.44. The second-order valence-corrected chi connectivity index (χ2v) is 6.22. The van der Waals surface area contributed by atoms with E-state index in [1.807, 2.05) is 56.3 Å². The molecule has 0 spiro atoms. The van der Waals surface area contributed by atoms with Crippen LogP contribution in [0.1, 0.15) is 18.1 Å². The molecule has 1 atom stereocenters. The Hall–Kier alpha value is -1.56. The summed E-state index contributed by atoms with van der Waals surface area (Å²) in [6.45, 7) is 5.69. The first-order chi connectivity index (χ1) is 9.97. The first kappa shape index (κ1) is 15.8. The van der Waals surface area contributed by atoms with E-state index in [-0.39, 0.29) is 5.91 Å². The molecule has 4 heteroatoms. The molecule has 0 heterocycles. The van der Waals surface area contributed by atoms with Crippen LogP contribution in [0, 0.1) is 17.4 Å². The van der Waals surface area contributed by atoms with Crippen molar-refractivity contribution in [2.24, 2.45) is 0 Å². The van der Waals surface area contributed by atoms with Crippen molar-refractivity contribution in [2.45, 2.75) is 26.9 Å². The molecular weight excluding hydrogens is 377 g/mol. The number of halogens is 1. The van der Waals surface area contributed by atoms with E-state index >= 15 is 0 Å². The molecule has 0 saturated carbocycles. The second kappa shape index (κ2) is 6.93. The van der Waals surface area contributed by atoms with Gasteiger partial charge in [0.1, 0.15) is 5.75 Å². The Morgan fingerprint density at radius 2 is 1.86 bits per heavy atom. The van der Waals surface area contributed by atoms with Crippen LogP contribution in [-0.2, 0) is 4.79 Å². The van der Waals surface area contributed by atoms with Gasteiger partial charge in [-0.2, -0.15) is 0 Å². The Morgan fingerprint density at radius 3 is 2.52 bits per heavy atom. The van der Waals surface area contributed by atoms with Gasteiger partial charge < -0.3 is 10.1 Å². The Balaban J connectivity index is 2.04. The van der Waals surface area contributed by atoms with E-state index < -0.39 is 6.10 Å². The van der Waals surface area contributed by atoms with Gasteiger partial charge in [-0.1, -0.05) is 18.2 Å². The van der Waals surface area contributed by atoms with Gasteiger partial charge in [-0.25, -0.2) is 0 Å². The molecule has 1 amide bonds. The number of benzene rings is 2. The summed E-state index contributed by atoms with van der Waals surface area (Å²) in [6.07, 6.45) is -0.551. The third-order valence-corrected chi connectivity index (χ3v) is 3.88. The molecule has 3 nitrogen and oxygen atoms in total. The van der Waals surface area contributed by atoms with Gasteiger partial charge in [-0.05, 0) is 78.8 Å². The van der Waals surface area contributed by atoms with Crippen LogP contribution in [0.2, 0.25) is 0 Å². The van der Waals surface area contributed by atoms with Gasteiger partial charge in [0.25, 0.3) is 5.91 Å². The maximum atomic E-state index is 12.2. The Morgan fingerprint density at radius 1 is 1.14 bits per heavy atom. The van der Waals surface area contributed by atoms with Crippen molar-refractivity contribution < 1.29 is 9.53 Å². The maximum absolute atomic E-state index is 12.2. The molecule has 2 aromatic rings. The molecule has 0 unspecified atom stereocenters. The van der Waals surface area contributed by atoms with Gasteiger partial charge in [0.05, 0.1) is 0 Å². The average molecular weight is 395 g/mol. The van der Waals surface area contributed by atoms with Crippen LogP contribution >= 0.6 is 22.6 Å². The molecule has 0 aliphatic rings. The summed E-state index contributed by atoms with van der Waals surface area (Å²) in [7, 11) is 0. The zero-order valence-corrected chi connectivity index (χ0v) is 14.5. The highest BCUT2D eigenvalue weighted by atomic mass is 127. The van der Waals surface area contributed by atoms with Crippen molar-refractivity contribution in [1.82, 2.24) is 0 Å². The summed E-state index contributed by atoms with van der Waals surface area (Å²) in [5, 5.41) is 2.91. The fourth-order valence-electron chi connectivity index (χ4n) is 1.93. The normalized spacial score (nSPS) is 11.8. The van der Waals surface area contributed by atoms with E-state index in [0.29, 0.717) is 0 Å². The Labute approximate surface area is 138 Å². The number of hydrogen-bond acceptors (Lipinski definition) is 2. The smallest absolute Gasteiger partial charge is 0.265 e. The largest absolute Gasteiger partial charge is 0.481 e. The lowest BCUT2D eigenvalue weighted by Gasteiger charge is -2.17. The van der Waals surface area contributed by atoms with E-state index in [4.69, 9.17) is 4.74 Å². The van der Waals surface area contributed by atoms with Gasteiger partial charge in [-0.3, -0.25) is 4.79 Å². The minimum atomic E-state index is -0.551.